The van der Waals surface area contributed by atoms with Crippen molar-refractivity contribution in [1.29, 1.82) is 0 Å². The summed E-state index contributed by atoms with van der Waals surface area (Å²) in [6.07, 6.45) is 5.35. The molecule has 0 saturated carbocycles. The van der Waals surface area contributed by atoms with Crippen LogP contribution in [0.4, 0.5) is 0 Å². The van der Waals surface area contributed by atoms with Crippen molar-refractivity contribution in [2.75, 3.05) is 13.1 Å². The highest BCUT2D eigenvalue weighted by Gasteiger charge is 2.11. The first-order valence-corrected chi connectivity index (χ1v) is 5.59. The second kappa shape index (κ2) is 4.40. The fourth-order valence-electron chi connectivity index (χ4n) is 1.37. The minimum absolute atomic E-state index is 0.174. The Morgan fingerprint density at radius 1 is 1.60 bits per heavy atom. The molecule has 0 bridgehead atoms. The molecule has 4 heteroatoms. The van der Waals surface area contributed by atoms with Crippen molar-refractivity contribution in [1.82, 2.24) is 4.90 Å². The van der Waals surface area contributed by atoms with Gasteiger partial charge in [0.25, 0.3) is 0 Å². The van der Waals surface area contributed by atoms with Gasteiger partial charge >= 0.3 is 0 Å². The van der Waals surface area contributed by atoms with E-state index >= 15 is 0 Å². The van der Waals surface area contributed by atoms with Gasteiger partial charge in [-0.15, -0.1) is 11.3 Å². The fraction of sp³-hybridized carbons (Fsp3) is 0.273. The first-order valence-electron chi connectivity index (χ1n) is 4.78. The van der Waals surface area contributed by atoms with Crippen LogP contribution in [0.3, 0.4) is 0 Å². The molecule has 1 aromatic heterocycles. The number of hydrogen-bond donors (Lipinski definition) is 0. The second-order valence-electron chi connectivity index (χ2n) is 3.39. The molecule has 0 amide bonds. The van der Waals surface area contributed by atoms with Gasteiger partial charge in [-0.25, -0.2) is 0 Å². The zero-order valence-electron chi connectivity index (χ0n) is 8.51. The van der Waals surface area contributed by atoms with Gasteiger partial charge < -0.3 is 4.90 Å². The molecule has 78 valence electrons. The molecule has 15 heavy (non-hydrogen) atoms. The van der Waals surface area contributed by atoms with E-state index in [2.05, 4.69) is 4.99 Å². The lowest BCUT2D eigenvalue weighted by Crippen LogP contribution is -2.27. The van der Waals surface area contributed by atoms with Gasteiger partial charge in [0.05, 0.1) is 18.0 Å². The van der Waals surface area contributed by atoms with Gasteiger partial charge in [-0.3, -0.25) is 9.79 Å². The predicted molar refractivity (Wildman–Crippen MR) is 62.6 cm³/mol. The molecule has 0 unspecified atom stereocenters. The molecule has 2 heterocycles. The Bertz CT molecular complexity index is 420. The zero-order chi connectivity index (χ0) is 10.7. The van der Waals surface area contributed by atoms with E-state index in [4.69, 9.17) is 0 Å². The number of rotatable bonds is 3. The van der Waals surface area contributed by atoms with Gasteiger partial charge in [-0.1, -0.05) is 0 Å². The van der Waals surface area contributed by atoms with Crippen LogP contribution in [0.5, 0.6) is 0 Å². The molecule has 2 rings (SSSR count). The highest BCUT2D eigenvalue weighted by atomic mass is 32.1. The first kappa shape index (κ1) is 10.1. The summed E-state index contributed by atoms with van der Waals surface area (Å²) in [6, 6.07) is 3.87. The van der Waals surface area contributed by atoms with Gasteiger partial charge in [-0.05, 0) is 19.1 Å². The summed E-state index contributed by atoms with van der Waals surface area (Å²) in [4.78, 5) is 19.7. The molecule has 0 fully saturated rings. The minimum atomic E-state index is 0.174. The number of Topliss-reactive ketones (excluding diaryl/α,β-unsaturated/α-hetero) is 1. The second-order valence-corrected chi connectivity index (χ2v) is 4.68. The number of aliphatic imine (C=N–C) groups is 1. The third kappa shape index (κ3) is 2.53. The van der Waals surface area contributed by atoms with Crippen molar-refractivity contribution in [3.63, 3.8) is 0 Å². The SMILES string of the molecule is Cc1ccc(C(=O)CN2C=CN=CC2)s1. The van der Waals surface area contributed by atoms with E-state index in [-0.39, 0.29) is 5.78 Å². The quantitative estimate of drug-likeness (QED) is 0.731. The van der Waals surface area contributed by atoms with E-state index in [1.807, 2.05) is 30.2 Å². The fourth-order valence-corrected chi connectivity index (χ4v) is 2.17. The number of hydrogen-bond acceptors (Lipinski definition) is 4. The molecule has 0 aromatic carbocycles. The van der Waals surface area contributed by atoms with Gasteiger partial charge in [0, 0.05) is 23.5 Å². The highest BCUT2D eigenvalue weighted by molar-refractivity contribution is 7.14. The van der Waals surface area contributed by atoms with Crippen molar-refractivity contribution in [2.45, 2.75) is 6.92 Å². The third-order valence-electron chi connectivity index (χ3n) is 2.15. The Hall–Kier alpha value is -1.42. The maximum atomic E-state index is 11.8. The number of nitrogens with zero attached hydrogens (tertiary/aromatic N) is 2. The average molecular weight is 220 g/mol. The molecule has 3 nitrogen and oxygen atoms in total. The summed E-state index contributed by atoms with van der Waals surface area (Å²) < 4.78 is 0. The van der Waals surface area contributed by atoms with Gasteiger partial charge in [0.1, 0.15) is 0 Å². The average Bonchev–Trinajstić information content (AvgIpc) is 2.66. The van der Waals surface area contributed by atoms with Crippen molar-refractivity contribution < 1.29 is 4.79 Å². The van der Waals surface area contributed by atoms with E-state index in [0.717, 1.165) is 4.88 Å². The van der Waals surface area contributed by atoms with Crippen molar-refractivity contribution in [3.8, 4) is 0 Å². The Labute approximate surface area is 92.7 Å². The van der Waals surface area contributed by atoms with Gasteiger partial charge in [0.2, 0.25) is 0 Å². The Morgan fingerprint density at radius 3 is 3.07 bits per heavy atom. The molecular formula is C11H12N2OS. The van der Waals surface area contributed by atoms with Gasteiger partial charge in [0.15, 0.2) is 5.78 Å². The molecule has 0 spiro atoms. The Morgan fingerprint density at radius 2 is 2.47 bits per heavy atom. The van der Waals surface area contributed by atoms with E-state index in [9.17, 15) is 4.79 Å². The maximum Gasteiger partial charge on any atom is 0.191 e. The third-order valence-corrected chi connectivity index (χ3v) is 3.19. The smallest absolute Gasteiger partial charge is 0.191 e. The van der Waals surface area contributed by atoms with E-state index in [0.29, 0.717) is 13.1 Å². The Balaban J connectivity index is 1.98. The highest BCUT2D eigenvalue weighted by Crippen LogP contribution is 2.16. The molecule has 0 aliphatic carbocycles. The Kier molecular flexibility index (Phi) is 2.97. The van der Waals surface area contributed by atoms with Crippen LogP contribution >= 0.6 is 11.3 Å². The summed E-state index contributed by atoms with van der Waals surface area (Å²) in [6.45, 7) is 3.16. The van der Waals surface area contributed by atoms with Crippen LogP contribution in [0.25, 0.3) is 0 Å². The summed E-state index contributed by atoms with van der Waals surface area (Å²) in [5, 5.41) is 0. The molecule has 1 aliphatic rings. The maximum absolute atomic E-state index is 11.8. The largest absolute Gasteiger partial charge is 0.363 e. The van der Waals surface area contributed by atoms with Crippen LogP contribution in [0, 0.1) is 6.92 Å². The standard InChI is InChI=1S/C11H12N2OS/c1-9-2-3-11(15-9)10(14)8-13-6-4-12-5-7-13/h2-6H,7-8H2,1H3. The number of aryl methyl sites for hydroxylation is 1. The predicted octanol–water partition coefficient (Wildman–Crippen LogP) is 2.10. The first-order chi connectivity index (χ1) is 7.25. The molecule has 0 radical (unpaired) electrons. The summed E-state index contributed by atoms with van der Waals surface area (Å²) in [5.41, 5.74) is 0. The summed E-state index contributed by atoms with van der Waals surface area (Å²) in [5.74, 6) is 0.174. The van der Waals surface area contributed by atoms with Crippen molar-refractivity contribution >= 4 is 23.3 Å². The normalized spacial score (nSPS) is 14.6. The molecule has 1 aromatic rings. The molecule has 1 aliphatic heterocycles. The zero-order valence-corrected chi connectivity index (χ0v) is 9.33. The van der Waals surface area contributed by atoms with E-state index in [1.54, 1.807) is 23.8 Å². The molecule has 0 N–H and O–H groups in total. The van der Waals surface area contributed by atoms with Crippen LogP contribution < -0.4 is 0 Å². The molecule has 0 atom stereocenters. The monoisotopic (exact) mass is 220 g/mol. The lowest BCUT2D eigenvalue weighted by Gasteiger charge is -2.18. The van der Waals surface area contributed by atoms with Crippen molar-refractivity contribution in [2.24, 2.45) is 4.99 Å². The number of carbonyl (C=O) groups is 1. The summed E-state index contributed by atoms with van der Waals surface area (Å²) >= 11 is 1.55. The lowest BCUT2D eigenvalue weighted by atomic mass is 10.3. The van der Waals surface area contributed by atoms with Crippen LogP contribution in [0.2, 0.25) is 0 Å². The summed E-state index contributed by atoms with van der Waals surface area (Å²) in [7, 11) is 0. The van der Waals surface area contributed by atoms with E-state index in [1.165, 1.54) is 4.88 Å². The van der Waals surface area contributed by atoms with Crippen LogP contribution in [0.15, 0.2) is 29.5 Å². The van der Waals surface area contributed by atoms with Crippen LogP contribution in [-0.4, -0.2) is 30.0 Å². The van der Waals surface area contributed by atoms with Crippen molar-refractivity contribution in [3.05, 3.63) is 34.3 Å². The number of thiophene rings is 1. The molecule has 0 saturated heterocycles. The van der Waals surface area contributed by atoms with Gasteiger partial charge in [-0.2, -0.15) is 0 Å². The molecular weight excluding hydrogens is 208 g/mol. The van der Waals surface area contributed by atoms with Crippen LogP contribution in [-0.2, 0) is 0 Å². The van der Waals surface area contributed by atoms with E-state index < -0.39 is 0 Å². The lowest BCUT2D eigenvalue weighted by molar-refractivity contribution is 0.0965. The topological polar surface area (TPSA) is 32.7 Å². The minimum Gasteiger partial charge on any atom is -0.363 e. The van der Waals surface area contributed by atoms with Crippen LogP contribution in [0.1, 0.15) is 14.5 Å². The number of ketones is 1. The number of carbonyl (C=O) groups excluding carboxylic acids is 1.